The van der Waals surface area contributed by atoms with Crippen molar-refractivity contribution in [1.29, 1.82) is 0 Å². The Kier molecular flexibility index (Phi) is 2.91. The molecule has 1 aromatic carbocycles. The largest absolute Gasteiger partial charge is 0.384 e. The maximum absolute atomic E-state index is 12.4. The zero-order valence-electron chi connectivity index (χ0n) is 10.8. The van der Waals surface area contributed by atoms with Gasteiger partial charge in [0.25, 0.3) is 5.91 Å². The predicted molar refractivity (Wildman–Crippen MR) is 75.6 cm³/mol. The van der Waals surface area contributed by atoms with E-state index in [1.54, 1.807) is 24.3 Å². The smallest absolute Gasteiger partial charge is 0.258 e. The van der Waals surface area contributed by atoms with Gasteiger partial charge in [-0.05, 0) is 36.2 Å². The molecule has 0 saturated carbocycles. The van der Waals surface area contributed by atoms with Gasteiger partial charge in [0.05, 0.1) is 0 Å². The van der Waals surface area contributed by atoms with Crippen LogP contribution < -0.4 is 10.2 Å². The van der Waals surface area contributed by atoms with Crippen molar-refractivity contribution in [2.45, 2.75) is 6.42 Å². The first kappa shape index (κ1) is 11.7. The molecule has 1 amide bonds. The minimum atomic E-state index is -0.0114. The molecule has 96 valence electrons. The van der Waals surface area contributed by atoms with Crippen molar-refractivity contribution in [2.75, 3.05) is 23.8 Å². The molecule has 4 nitrogen and oxygen atoms in total. The van der Waals surface area contributed by atoms with Crippen molar-refractivity contribution in [3.05, 3.63) is 53.9 Å². The first-order valence-electron chi connectivity index (χ1n) is 6.30. The van der Waals surface area contributed by atoms with E-state index in [1.165, 1.54) is 5.56 Å². The summed E-state index contributed by atoms with van der Waals surface area (Å²) >= 11 is 0. The molecule has 2 heterocycles. The molecule has 4 heteroatoms. The number of nitrogens with zero attached hydrogens (tertiary/aromatic N) is 2. The van der Waals surface area contributed by atoms with Crippen LogP contribution in [0.25, 0.3) is 0 Å². The third-order valence-corrected chi connectivity index (χ3v) is 3.42. The van der Waals surface area contributed by atoms with Crippen molar-refractivity contribution in [1.82, 2.24) is 4.98 Å². The molecule has 0 spiro atoms. The fourth-order valence-electron chi connectivity index (χ4n) is 2.30. The molecule has 0 atom stereocenters. The third-order valence-electron chi connectivity index (χ3n) is 3.42. The molecule has 1 aliphatic rings. The summed E-state index contributed by atoms with van der Waals surface area (Å²) in [5.41, 5.74) is 3.90. The Bertz CT molecular complexity index is 610. The number of aromatic nitrogens is 1. The number of benzene rings is 1. The molecule has 0 radical (unpaired) electrons. The van der Waals surface area contributed by atoms with E-state index in [1.807, 2.05) is 30.3 Å². The summed E-state index contributed by atoms with van der Waals surface area (Å²) < 4.78 is 0. The molecule has 19 heavy (non-hydrogen) atoms. The fourth-order valence-corrected chi connectivity index (χ4v) is 2.30. The van der Waals surface area contributed by atoms with Crippen molar-refractivity contribution in [3.8, 4) is 0 Å². The Labute approximate surface area is 112 Å². The second-order valence-electron chi connectivity index (χ2n) is 4.62. The summed E-state index contributed by atoms with van der Waals surface area (Å²) in [6, 6.07) is 9.50. The summed E-state index contributed by atoms with van der Waals surface area (Å²) in [6.45, 7) is 0.952. The number of hydrogen-bond donors (Lipinski definition) is 1. The van der Waals surface area contributed by atoms with Crippen molar-refractivity contribution in [3.63, 3.8) is 0 Å². The standard InChI is InChI=1S/C15H15N3O/c1-18(13-5-7-16-8-6-13)15(19)12-3-2-11-4-9-17-14(11)10-12/h2-3,5-8,10,17H,4,9H2,1H3. The average molecular weight is 253 g/mol. The first-order chi connectivity index (χ1) is 9.25. The van der Waals surface area contributed by atoms with E-state index in [2.05, 4.69) is 10.3 Å². The summed E-state index contributed by atoms with van der Waals surface area (Å²) in [4.78, 5) is 18.0. The summed E-state index contributed by atoms with van der Waals surface area (Å²) in [7, 11) is 1.78. The second kappa shape index (κ2) is 4.72. The van der Waals surface area contributed by atoms with Crippen molar-refractivity contribution < 1.29 is 4.79 Å². The Morgan fingerprint density at radius 3 is 2.84 bits per heavy atom. The maximum atomic E-state index is 12.4. The zero-order chi connectivity index (χ0) is 13.2. The van der Waals surface area contributed by atoms with Gasteiger partial charge in [-0.2, -0.15) is 0 Å². The summed E-state index contributed by atoms with van der Waals surface area (Å²) in [5.74, 6) is -0.0114. The average Bonchev–Trinajstić information content (AvgIpc) is 2.94. The van der Waals surface area contributed by atoms with Gasteiger partial charge in [-0.25, -0.2) is 0 Å². The molecule has 2 aromatic rings. The van der Waals surface area contributed by atoms with E-state index in [-0.39, 0.29) is 5.91 Å². The Balaban J connectivity index is 1.88. The molecule has 3 rings (SSSR count). The van der Waals surface area contributed by atoms with Gasteiger partial charge < -0.3 is 10.2 Å². The van der Waals surface area contributed by atoms with E-state index >= 15 is 0 Å². The number of anilines is 2. The van der Waals surface area contributed by atoms with Gasteiger partial charge in [-0.15, -0.1) is 0 Å². The number of carbonyl (C=O) groups excluding carboxylic acids is 1. The molecule has 0 aliphatic carbocycles. The van der Waals surface area contributed by atoms with E-state index in [4.69, 9.17) is 0 Å². The van der Waals surface area contributed by atoms with Gasteiger partial charge in [0.2, 0.25) is 0 Å². The quantitative estimate of drug-likeness (QED) is 0.893. The highest BCUT2D eigenvalue weighted by molar-refractivity contribution is 6.06. The number of amides is 1. The van der Waals surface area contributed by atoms with Crippen LogP contribution in [-0.4, -0.2) is 24.5 Å². The Morgan fingerprint density at radius 2 is 2.05 bits per heavy atom. The summed E-state index contributed by atoms with van der Waals surface area (Å²) in [6.07, 6.45) is 4.40. The van der Waals surface area contributed by atoms with Gasteiger partial charge in [-0.3, -0.25) is 9.78 Å². The lowest BCUT2D eigenvalue weighted by atomic mass is 10.1. The lowest BCUT2D eigenvalue weighted by molar-refractivity contribution is 0.0993. The molecular weight excluding hydrogens is 238 g/mol. The molecule has 0 unspecified atom stereocenters. The zero-order valence-corrected chi connectivity index (χ0v) is 10.8. The maximum Gasteiger partial charge on any atom is 0.258 e. The van der Waals surface area contributed by atoms with Crippen LogP contribution >= 0.6 is 0 Å². The first-order valence-corrected chi connectivity index (χ1v) is 6.30. The SMILES string of the molecule is CN(C(=O)c1ccc2c(c1)NCC2)c1ccncc1. The minimum absolute atomic E-state index is 0.0114. The van der Waals surface area contributed by atoms with E-state index in [0.717, 1.165) is 24.3 Å². The highest BCUT2D eigenvalue weighted by Gasteiger charge is 2.17. The number of carbonyl (C=O) groups is 1. The van der Waals surface area contributed by atoms with Crippen LogP contribution in [0.5, 0.6) is 0 Å². The van der Waals surface area contributed by atoms with Crippen LogP contribution in [0.4, 0.5) is 11.4 Å². The molecule has 0 saturated heterocycles. The molecule has 0 bridgehead atoms. The summed E-state index contributed by atoms with van der Waals surface area (Å²) in [5, 5.41) is 3.29. The van der Waals surface area contributed by atoms with Crippen molar-refractivity contribution in [2.24, 2.45) is 0 Å². The highest BCUT2D eigenvalue weighted by atomic mass is 16.2. The fraction of sp³-hybridized carbons (Fsp3) is 0.200. The number of pyridine rings is 1. The Hall–Kier alpha value is -2.36. The predicted octanol–water partition coefficient (Wildman–Crippen LogP) is 2.33. The monoisotopic (exact) mass is 253 g/mol. The molecule has 1 aromatic heterocycles. The van der Waals surface area contributed by atoms with Gasteiger partial charge in [0.15, 0.2) is 0 Å². The van der Waals surface area contributed by atoms with E-state index < -0.39 is 0 Å². The molecular formula is C15H15N3O. The van der Waals surface area contributed by atoms with Crippen LogP contribution in [0.3, 0.4) is 0 Å². The van der Waals surface area contributed by atoms with Gasteiger partial charge >= 0.3 is 0 Å². The number of hydrogen-bond acceptors (Lipinski definition) is 3. The van der Waals surface area contributed by atoms with Gasteiger partial charge in [-0.1, -0.05) is 6.07 Å². The minimum Gasteiger partial charge on any atom is -0.384 e. The number of fused-ring (bicyclic) bond motifs is 1. The van der Waals surface area contributed by atoms with Gasteiger partial charge in [0.1, 0.15) is 0 Å². The normalized spacial score (nSPS) is 12.7. The molecule has 1 aliphatic heterocycles. The van der Waals surface area contributed by atoms with E-state index in [9.17, 15) is 4.79 Å². The van der Waals surface area contributed by atoms with Crippen LogP contribution in [0, 0.1) is 0 Å². The van der Waals surface area contributed by atoms with Crippen molar-refractivity contribution >= 4 is 17.3 Å². The number of rotatable bonds is 2. The lowest BCUT2D eigenvalue weighted by Crippen LogP contribution is -2.26. The van der Waals surface area contributed by atoms with Gasteiger partial charge in [0, 0.05) is 42.9 Å². The Morgan fingerprint density at radius 1 is 1.26 bits per heavy atom. The number of nitrogens with one attached hydrogen (secondary N) is 1. The van der Waals surface area contributed by atoms with Crippen LogP contribution in [0.1, 0.15) is 15.9 Å². The van der Waals surface area contributed by atoms with Crippen LogP contribution in [0.15, 0.2) is 42.7 Å². The van der Waals surface area contributed by atoms with Crippen LogP contribution in [0.2, 0.25) is 0 Å². The molecule has 0 fully saturated rings. The third kappa shape index (κ3) is 2.17. The van der Waals surface area contributed by atoms with Crippen LogP contribution in [-0.2, 0) is 6.42 Å². The second-order valence-corrected chi connectivity index (χ2v) is 4.62. The topological polar surface area (TPSA) is 45.2 Å². The van der Waals surface area contributed by atoms with E-state index in [0.29, 0.717) is 5.56 Å². The lowest BCUT2D eigenvalue weighted by Gasteiger charge is -2.17. The highest BCUT2D eigenvalue weighted by Crippen LogP contribution is 2.24. The molecule has 1 N–H and O–H groups in total.